The van der Waals surface area contributed by atoms with Gasteiger partial charge < -0.3 is 5.11 Å². The van der Waals surface area contributed by atoms with Gasteiger partial charge in [0.25, 0.3) is 0 Å². The largest absolute Gasteiger partial charge is 0.478 e. The van der Waals surface area contributed by atoms with Crippen molar-refractivity contribution in [2.24, 2.45) is 0 Å². The Morgan fingerprint density at radius 1 is 1.11 bits per heavy atom. The van der Waals surface area contributed by atoms with Crippen molar-refractivity contribution in [2.75, 3.05) is 0 Å². The van der Waals surface area contributed by atoms with Crippen LogP contribution in [0.15, 0.2) is 36.4 Å². The highest BCUT2D eigenvalue weighted by molar-refractivity contribution is 5.90. The maximum atomic E-state index is 14.1. The van der Waals surface area contributed by atoms with Crippen LogP contribution in [-0.4, -0.2) is 11.1 Å². The summed E-state index contributed by atoms with van der Waals surface area (Å²) >= 11 is 0. The van der Waals surface area contributed by atoms with Crippen LogP contribution in [0.5, 0.6) is 0 Å². The van der Waals surface area contributed by atoms with Gasteiger partial charge in [-0.25, -0.2) is 9.18 Å². The van der Waals surface area contributed by atoms with E-state index >= 15 is 0 Å². The number of halogens is 1. The molecule has 92 valence electrons. The van der Waals surface area contributed by atoms with Crippen LogP contribution < -0.4 is 0 Å². The van der Waals surface area contributed by atoms with Gasteiger partial charge in [-0.2, -0.15) is 0 Å². The summed E-state index contributed by atoms with van der Waals surface area (Å²) < 4.78 is 14.1. The summed E-state index contributed by atoms with van der Waals surface area (Å²) in [7, 11) is 0. The summed E-state index contributed by atoms with van der Waals surface area (Å²) in [6, 6.07) is 10.1. The van der Waals surface area contributed by atoms with Crippen LogP contribution in [0.2, 0.25) is 0 Å². The molecular formula is C15H13FO2. The fourth-order valence-electron chi connectivity index (χ4n) is 2.02. The SMILES string of the molecule is Cc1ccc(-c2cccc(C(=O)O)c2F)c(C)c1. The molecule has 0 aliphatic carbocycles. The molecule has 0 saturated carbocycles. The number of aryl methyl sites for hydroxylation is 2. The zero-order valence-electron chi connectivity index (χ0n) is 10.2. The summed E-state index contributed by atoms with van der Waals surface area (Å²) in [5, 5.41) is 8.91. The van der Waals surface area contributed by atoms with E-state index in [0.29, 0.717) is 5.56 Å². The first kappa shape index (κ1) is 12.3. The molecule has 0 unspecified atom stereocenters. The standard InChI is InChI=1S/C15H13FO2/c1-9-6-7-11(10(2)8-9)12-4-3-5-13(14(12)16)15(17)18/h3-8H,1-2H3,(H,17,18). The maximum Gasteiger partial charge on any atom is 0.338 e. The van der Waals surface area contributed by atoms with E-state index in [2.05, 4.69) is 0 Å². The minimum atomic E-state index is -1.25. The average Bonchev–Trinajstić information content (AvgIpc) is 2.30. The summed E-state index contributed by atoms with van der Waals surface area (Å²) in [5.41, 5.74) is 2.77. The van der Waals surface area contributed by atoms with Crippen LogP contribution >= 0.6 is 0 Å². The zero-order valence-corrected chi connectivity index (χ0v) is 10.2. The van der Waals surface area contributed by atoms with Crippen molar-refractivity contribution in [1.29, 1.82) is 0 Å². The van der Waals surface area contributed by atoms with Gasteiger partial charge in [0.1, 0.15) is 5.82 Å². The minimum Gasteiger partial charge on any atom is -0.478 e. The lowest BCUT2D eigenvalue weighted by Crippen LogP contribution is -2.02. The highest BCUT2D eigenvalue weighted by atomic mass is 19.1. The lowest BCUT2D eigenvalue weighted by Gasteiger charge is -2.09. The van der Waals surface area contributed by atoms with Gasteiger partial charge in [-0.05, 0) is 31.0 Å². The van der Waals surface area contributed by atoms with E-state index in [4.69, 9.17) is 5.11 Å². The third-order valence-corrected chi connectivity index (χ3v) is 2.90. The average molecular weight is 244 g/mol. The minimum absolute atomic E-state index is 0.299. The number of carbonyl (C=O) groups is 1. The molecule has 3 heteroatoms. The molecule has 0 aliphatic rings. The van der Waals surface area contributed by atoms with E-state index < -0.39 is 11.8 Å². The second kappa shape index (κ2) is 4.61. The van der Waals surface area contributed by atoms with E-state index in [-0.39, 0.29) is 5.56 Å². The molecule has 0 amide bonds. The van der Waals surface area contributed by atoms with Crippen molar-refractivity contribution in [2.45, 2.75) is 13.8 Å². The second-order valence-corrected chi connectivity index (χ2v) is 4.29. The van der Waals surface area contributed by atoms with Gasteiger partial charge in [-0.3, -0.25) is 0 Å². The van der Waals surface area contributed by atoms with Crippen molar-refractivity contribution >= 4 is 5.97 Å². The smallest absolute Gasteiger partial charge is 0.338 e. The molecule has 1 N–H and O–H groups in total. The van der Waals surface area contributed by atoms with E-state index in [1.54, 1.807) is 12.1 Å². The summed E-state index contributed by atoms with van der Waals surface area (Å²) in [6.45, 7) is 3.84. The van der Waals surface area contributed by atoms with E-state index in [1.165, 1.54) is 6.07 Å². The highest BCUT2D eigenvalue weighted by Gasteiger charge is 2.15. The Labute approximate surface area is 105 Å². The van der Waals surface area contributed by atoms with Crippen LogP contribution in [-0.2, 0) is 0 Å². The third-order valence-electron chi connectivity index (χ3n) is 2.90. The van der Waals surface area contributed by atoms with E-state index in [0.717, 1.165) is 16.7 Å². The molecule has 0 saturated heterocycles. The summed E-state index contributed by atoms with van der Waals surface area (Å²) in [5.74, 6) is -1.93. The number of aromatic carboxylic acids is 1. The summed E-state index contributed by atoms with van der Waals surface area (Å²) in [4.78, 5) is 10.9. The van der Waals surface area contributed by atoms with Crippen LogP contribution in [0.3, 0.4) is 0 Å². The number of hydrogen-bond acceptors (Lipinski definition) is 1. The monoisotopic (exact) mass is 244 g/mol. The van der Waals surface area contributed by atoms with Gasteiger partial charge in [0.2, 0.25) is 0 Å². The Bertz CT molecular complexity index is 618. The van der Waals surface area contributed by atoms with Crippen LogP contribution in [0.25, 0.3) is 11.1 Å². The third kappa shape index (κ3) is 2.12. The number of rotatable bonds is 2. The number of carboxylic acids is 1. The van der Waals surface area contributed by atoms with Crippen LogP contribution in [0.4, 0.5) is 4.39 Å². The predicted molar refractivity (Wildman–Crippen MR) is 68.3 cm³/mol. The fourth-order valence-corrected chi connectivity index (χ4v) is 2.02. The molecule has 0 bridgehead atoms. The van der Waals surface area contributed by atoms with Crippen molar-refractivity contribution in [3.05, 3.63) is 58.9 Å². The summed E-state index contributed by atoms with van der Waals surface area (Å²) in [6.07, 6.45) is 0. The van der Waals surface area contributed by atoms with Gasteiger partial charge >= 0.3 is 5.97 Å². The topological polar surface area (TPSA) is 37.3 Å². The zero-order chi connectivity index (χ0) is 13.3. The van der Waals surface area contributed by atoms with Crippen LogP contribution in [0.1, 0.15) is 21.5 Å². The Morgan fingerprint density at radius 2 is 1.83 bits per heavy atom. The first-order chi connectivity index (χ1) is 8.50. The van der Waals surface area contributed by atoms with Gasteiger partial charge in [0.05, 0.1) is 5.56 Å². The van der Waals surface area contributed by atoms with Gasteiger partial charge in [0.15, 0.2) is 0 Å². The molecular weight excluding hydrogens is 231 g/mol. The maximum absolute atomic E-state index is 14.1. The molecule has 0 atom stereocenters. The predicted octanol–water partition coefficient (Wildman–Crippen LogP) is 3.81. The van der Waals surface area contributed by atoms with Crippen molar-refractivity contribution in [3.63, 3.8) is 0 Å². The number of hydrogen-bond donors (Lipinski definition) is 1. The second-order valence-electron chi connectivity index (χ2n) is 4.29. The Kier molecular flexibility index (Phi) is 3.15. The molecule has 0 radical (unpaired) electrons. The fraction of sp³-hybridized carbons (Fsp3) is 0.133. The Balaban J connectivity index is 2.64. The van der Waals surface area contributed by atoms with Crippen molar-refractivity contribution in [3.8, 4) is 11.1 Å². The first-order valence-corrected chi connectivity index (χ1v) is 5.60. The normalized spacial score (nSPS) is 10.4. The molecule has 0 aliphatic heterocycles. The van der Waals surface area contributed by atoms with Crippen LogP contribution in [0, 0.1) is 19.7 Å². The Hall–Kier alpha value is -2.16. The molecule has 0 heterocycles. The Morgan fingerprint density at radius 3 is 2.44 bits per heavy atom. The molecule has 0 spiro atoms. The molecule has 0 aromatic heterocycles. The number of carboxylic acid groups (broad SMARTS) is 1. The molecule has 2 rings (SSSR count). The first-order valence-electron chi connectivity index (χ1n) is 5.60. The van der Waals surface area contributed by atoms with Crippen molar-refractivity contribution in [1.82, 2.24) is 0 Å². The van der Waals surface area contributed by atoms with Gasteiger partial charge in [-0.1, -0.05) is 35.9 Å². The lowest BCUT2D eigenvalue weighted by molar-refractivity contribution is 0.0692. The molecule has 2 nitrogen and oxygen atoms in total. The molecule has 0 fully saturated rings. The quantitative estimate of drug-likeness (QED) is 0.872. The molecule has 2 aromatic carbocycles. The van der Waals surface area contributed by atoms with Gasteiger partial charge in [-0.15, -0.1) is 0 Å². The number of benzene rings is 2. The molecule has 18 heavy (non-hydrogen) atoms. The highest BCUT2D eigenvalue weighted by Crippen LogP contribution is 2.28. The molecule has 2 aromatic rings. The van der Waals surface area contributed by atoms with Gasteiger partial charge in [0, 0.05) is 5.56 Å². The lowest BCUT2D eigenvalue weighted by atomic mass is 9.97. The van der Waals surface area contributed by atoms with E-state index in [9.17, 15) is 9.18 Å². The van der Waals surface area contributed by atoms with Crippen molar-refractivity contribution < 1.29 is 14.3 Å². The van der Waals surface area contributed by atoms with E-state index in [1.807, 2.05) is 32.0 Å².